The van der Waals surface area contributed by atoms with Crippen molar-refractivity contribution in [2.75, 3.05) is 20.7 Å². The minimum absolute atomic E-state index is 0.0781. The van der Waals surface area contributed by atoms with Crippen molar-refractivity contribution >= 4 is 33.3 Å². The Morgan fingerprint density at radius 2 is 2.27 bits per heavy atom. The molecule has 0 atom stereocenters. The van der Waals surface area contributed by atoms with Gasteiger partial charge in [0.2, 0.25) is 0 Å². The Hall–Kier alpha value is -0.420. The molecule has 0 heterocycles. The number of benzene rings is 1. The van der Waals surface area contributed by atoms with Gasteiger partial charge < -0.3 is 4.84 Å². The lowest BCUT2D eigenvalue weighted by atomic mass is 10.1. The van der Waals surface area contributed by atoms with E-state index in [9.17, 15) is 4.79 Å². The van der Waals surface area contributed by atoms with Crippen LogP contribution in [0.1, 0.15) is 10.4 Å². The third-order valence-corrected chi connectivity index (χ3v) is 2.73. The van der Waals surface area contributed by atoms with Gasteiger partial charge in [-0.05, 0) is 18.2 Å². The number of Topliss-reactive ketones (excluding diaryl/α,β-unsaturated/α-hetero) is 1. The zero-order valence-corrected chi connectivity index (χ0v) is 10.8. The predicted octanol–water partition coefficient (Wildman–Crippen LogP) is 2.78. The van der Waals surface area contributed by atoms with Crippen LogP contribution in [0.2, 0.25) is 5.02 Å². The zero-order valence-electron chi connectivity index (χ0n) is 8.46. The van der Waals surface area contributed by atoms with Gasteiger partial charge in [-0.25, -0.2) is 0 Å². The van der Waals surface area contributed by atoms with E-state index in [-0.39, 0.29) is 12.3 Å². The minimum Gasteiger partial charge on any atom is -0.302 e. The fourth-order valence-corrected chi connectivity index (χ4v) is 1.65. The first-order valence-electron chi connectivity index (χ1n) is 4.28. The molecule has 15 heavy (non-hydrogen) atoms. The smallest absolute Gasteiger partial charge is 0.180 e. The summed E-state index contributed by atoms with van der Waals surface area (Å²) in [6, 6.07) is 5.18. The molecule has 0 aliphatic rings. The SMILES string of the molecule is CON(C)CC(=O)c1cc(Br)ccc1Cl. The van der Waals surface area contributed by atoms with Gasteiger partial charge in [-0.2, -0.15) is 5.06 Å². The molecule has 3 nitrogen and oxygen atoms in total. The highest BCUT2D eigenvalue weighted by atomic mass is 79.9. The van der Waals surface area contributed by atoms with Crippen LogP contribution < -0.4 is 0 Å². The van der Waals surface area contributed by atoms with Crippen LogP contribution in [-0.2, 0) is 4.84 Å². The second-order valence-corrected chi connectivity index (χ2v) is 4.34. The summed E-state index contributed by atoms with van der Waals surface area (Å²) in [6.07, 6.45) is 0. The van der Waals surface area contributed by atoms with Crippen LogP contribution in [0.5, 0.6) is 0 Å². The lowest BCUT2D eigenvalue weighted by molar-refractivity contribution is -0.100. The van der Waals surface area contributed by atoms with Crippen LogP contribution in [0.25, 0.3) is 0 Å². The quantitative estimate of drug-likeness (QED) is 0.631. The Morgan fingerprint density at radius 1 is 1.60 bits per heavy atom. The summed E-state index contributed by atoms with van der Waals surface area (Å²) >= 11 is 9.21. The number of hydrogen-bond donors (Lipinski definition) is 0. The molecule has 1 rings (SSSR count). The molecule has 0 aromatic heterocycles. The van der Waals surface area contributed by atoms with Gasteiger partial charge in [-0.1, -0.05) is 27.5 Å². The van der Waals surface area contributed by atoms with Gasteiger partial charge in [0.05, 0.1) is 18.7 Å². The molecule has 0 unspecified atom stereocenters. The minimum atomic E-state index is -0.0781. The highest BCUT2D eigenvalue weighted by Crippen LogP contribution is 2.21. The number of hydroxylamine groups is 2. The van der Waals surface area contributed by atoms with Crippen molar-refractivity contribution in [1.29, 1.82) is 0 Å². The fraction of sp³-hybridized carbons (Fsp3) is 0.300. The van der Waals surface area contributed by atoms with Crippen LogP contribution >= 0.6 is 27.5 Å². The molecular weight excluding hydrogens is 281 g/mol. The van der Waals surface area contributed by atoms with Crippen LogP contribution in [0.4, 0.5) is 0 Å². The van der Waals surface area contributed by atoms with E-state index in [1.165, 1.54) is 12.2 Å². The Kier molecular flexibility index (Phi) is 4.73. The molecule has 0 aliphatic heterocycles. The molecule has 0 spiro atoms. The third-order valence-electron chi connectivity index (χ3n) is 1.91. The fourth-order valence-electron chi connectivity index (χ4n) is 1.06. The van der Waals surface area contributed by atoms with Gasteiger partial charge in [0.1, 0.15) is 0 Å². The van der Waals surface area contributed by atoms with Gasteiger partial charge >= 0.3 is 0 Å². The van der Waals surface area contributed by atoms with Crippen molar-refractivity contribution in [1.82, 2.24) is 5.06 Å². The first-order valence-corrected chi connectivity index (χ1v) is 5.45. The molecular formula is C10H11BrClNO2. The van der Waals surface area contributed by atoms with Gasteiger partial charge in [0, 0.05) is 17.1 Å². The molecule has 1 aromatic carbocycles. The second-order valence-electron chi connectivity index (χ2n) is 3.02. The molecule has 0 saturated carbocycles. The summed E-state index contributed by atoms with van der Waals surface area (Å²) in [5, 5.41) is 1.90. The van der Waals surface area contributed by atoms with E-state index in [1.807, 2.05) is 0 Å². The lowest BCUT2D eigenvalue weighted by Crippen LogP contribution is -2.25. The van der Waals surface area contributed by atoms with Gasteiger partial charge in [0.15, 0.2) is 5.78 Å². The Balaban J connectivity index is 2.86. The summed E-state index contributed by atoms with van der Waals surface area (Å²) in [5.74, 6) is -0.0781. The number of carbonyl (C=O) groups excluding carboxylic acids is 1. The Morgan fingerprint density at radius 3 is 2.87 bits per heavy atom. The van der Waals surface area contributed by atoms with Crippen molar-refractivity contribution in [2.45, 2.75) is 0 Å². The van der Waals surface area contributed by atoms with E-state index < -0.39 is 0 Å². The highest BCUT2D eigenvalue weighted by molar-refractivity contribution is 9.10. The number of carbonyl (C=O) groups is 1. The van der Waals surface area contributed by atoms with Gasteiger partial charge in [-0.15, -0.1) is 0 Å². The predicted molar refractivity (Wildman–Crippen MR) is 63.1 cm³/mol. The van der Waals surface area contributed by atoms with E-state index in [4.69, 9.17) is 16.4 Å². The third kappa shape index (κ3) is 3.57. The molecule has 0 aliphatic carbocycles. The number of nitrogens with zero attached hydrogens (tertiary/aromatic N) is 1. The molecule has 0 saturated heterocycles. The topological polar surface area (TPSA) is 29.5 Å². The van der Waals surface area contributed by atoms with E-state index in [0.717, 1.165) is 4.47 Å². The number of likely N-dealkylation sites (N-methyl/N-ethyl adjacent to an activating group) is 1. The lowest BCUT2D eigenvalue weighted by Gasteiger charge is -2.12. The number of hydrogen-bond acceptors (Lipinski definition) is 3. The first-order chi connectivity index (χ1) is 7.04. The molecule has 0 radical (unpaired) electrons. The summed E-state index contributed by atoms with van der Waals surface area (Å²) in [5.41, 5.74) is 0.495. The van der Waals surface area contributed by atoms with E-state index in [0.29, 0.717) is 10.6 Å². The van der Waals surface area contributed by atoms with Crippen molar-refractivity contribution in [3.8, 4) is 0 Å². The number of halogens is 2. The maximum absolute atomic E-state index is 11.8. The average Bonchev–Trinajstić information content (AvgIpc) is 2.21. The Bertz CT molecular complexity index is 370. The Labute approximate surface area is 102 Å². The van der Waals surface area contributed by atoms with Crippen LogP contribution in [0.15, 0.2) is 22.7 Å². The normalized spacial score (nSPS) is 10.7. The van der Waals surface area contributed by atoms with E-state index in [1.54, 1.807) is 25.2 Å². The largest absolute Gasteiger partial charge is 0.302 e. The molecule has 82 valence electrons. The average molecular weight is 293 g/mol. The standard InChI is InChI=1S/C10H11BrClNO2/c1-13(15-2)6-10(14)8-5-7(11)3-4-9(8)12/h3-5H,6H2,1-2H3. The summed E-state index contributed by atoms with van der Waals surface area (Å²) < 4.78 is 0.829. The molecule has 0 N–H and O–H groups in total. The second kappa shape index (κ2) is 5.61. The van der Waals surface area contributed by atoms with Crippen LogP contribution in [0.3, 0.4) is 0 Å². The van der Waals surface area contributed by atoms with Gasteiger partial charge in [-0.3, -0.25) is 4.79 Å². The highest BCUT2D eigenvalue weighted by Gasteiger charge is 2.12. The van der Waals surface area contributed by atoms with Crippen molar-refractivity contribution < 1.29 is 9.63 Å². The molecule has 0 bridgehead atoms. The van der Waals surface area contributed by atoms with Crippen molar-refractivity contribution in [2.24, 2.45) is 0 Å². The first kappa shape index (κ1) is 12.6. The zero-order chi connectivity index (χ0) is 11.4. The van der Waals surface area contributed by atoms with Crippen molar-refractivity contribution in [3.05, 3.63) is 33.3 Å². The number of ketones is 1. The van der Waals surface area contributed by atoms with Crippen LogP contribution in [-0.4, -0.2) is 31.5 Å². The van der Waals surface area contributed by atoms with Crippen LogP contribution in [0, 0.1) is 0 Å². The maximum Gasteiger partial charge on any atom is 0.180 e. The maximum atomic E-state index is 11.8. The summed E-state index contributed by atoms with van der Waals surface area (Å²) in [6.45, 7) is 0.173. The summed E-state index contributed by atoms with van der Waals surface area (Å²) in [7, 11) is 3.19. The van der Waals surface area contributed by atoms with Gasteiger partial charge in [0.25, 0.3) is 0 Å². The van der Waals surface area contributed by atoms with Crippen molar-refractivity contribution in [3.63, 3.8) is 0 Å². The number of rotatable bonds is 4. The van der Waals surface area contributed by atoms with E-state index in [2.05, 4.69) is 15.9 Å². The monoisotopic (exact) mass is 291 g/mol. The molecule has 0 fully saturated rings. The molecule has 0 amide bonds. The molecule has 5 heteroatoms. The van der Waals surface area contributed by atoms with E-state index >= 15 is 0 Å². The summed E-state index contributed by atoms with van der Waals surface area (Å²) in [4.78, 5) is 16.6. The molecule has 1 aromatic rings.